The first-order valence-electron chi connectivity index (χ1n) is 8.00. The number of furan rings is 1. The van der Waals surface area contributed by atoms with Crippen LogP contribution >= 0.6 is 0 Å². The summed E-state index contributed by atoms with van der Waals surface area (Å²) in [5, 5.41) is 8.65. The van der Waals surface area contributed by atoms with Gasteiger partial charge in [0.05, 0.1) is 18.0 Å². The van der Waals surface area contributed by atoms with Crippen LogP contribution in [0.3, 0.4) is 0 Å². The molecule has 0 N–H and O–H groups in total. The monoisotopic (exact) mass is 321 g/mol. The molecule has 0 saturated carbocycles. The Morgan fingerprint density at radius 2 is 1.96 bits per heavy atom. The number of pyridine rings is 1. The maximum Gasteiger partial charge on any atom is 0.161 e. The lowest BCUT2D eigenvalue weighted by Gasteiger charge is -2.02. The van der Waals surface area contributed by atoms with Crippen LogP contribution < -0.4 is 0 Å². The molecule has 122 valence electrons. The standard InChI is InChI=1S/C18H19N5O/c1-12(2)9-23-11-14(8-21-23)17-6-16-18(24-17)15(4-5-19-16)13-7-20-22(3)10-13/h4-8,10-12H,9H2,1-3H3. The van der Waals surface area contributed by atoms with E-state index in [0.717, 1.165) is 40.1 Å². The smallest absolute Gasteiger partial charge is 0.161 e. The third-order valence-electron chi connectivity index (χ3n) is 3.90. The number of fused-ring (bicyclic) bond motifs is 1. The SMILES string of the molecule is CC(C)Cn1cc(-c2cc3nccc(-c4cnn(C)c4)c3o2)cn1. The lowest BCUT2D eigenvalue weighted by atomic mass is 10.1. The highest BCUT2D eigenvalue weighted by Crippen LogP contribution is 2.33. The van der Waals surface area contributed by atoms with E-state index >= 15 is 0 Å². The van der Waals surface area contributed by atoms with Crippen molar-refractivity contribution in [1.82, 2.24) is 24.5 Å². The van der Waals surface area contributed by atoms with Crippen LogP contribution in [0.2, 0.25) is 0 Å². The molecule has 0 aromatic carbocycles. The number of nitrogens with zero attached hydrogens (tertiary/aromatic N) is 5. The number of hydrogen-bond donors (Lipinski definition) is 0. The van der Waals surface area contributed by atoms with Crippen LogP contribution in [-0.4, -0.2) is 24.5 Å². The van der Waals surface area contributed by atoms with Crippen LogP contribution in [0, 0.1) is 5.92 Å². The highest BCUT2D eigenvalue weighted by atomic mass is 16.3. The van der Waals surface area contributed by atoms with Crippen LogP contribution in [0.25, 0.3) is 33.6 Å². The summed E-state index contributed by atoms with van der Waals surface area (Å²) in [6, 6.07) is 3.92. The fourth-order valence-corrected chi connectivity index (χ4v) is 2.83. The van der Waals surface area contributed by atoms with Gasteiger partial charge in [0.1, 0.15) is 11.3 Å². The van der Waals surface area contributed by atoms with Gasteiger partial charge in [0.2, 0.25) is 0 Å². The van der Waals surface area contributed by atoms with E-state index < -0.39 is 0 Å². The van der Waals surface area contributed by atoms with E-state index in [-0.39, 0.29) is 0 Å². The van der Waals surface area contributed by atoms with Gasteiger partial charge >= 0.3 is 0 Å². The molecule has 0 fully saturated rings. The summed E-state index contributed by atoms with van der Waals surface area (Å²) in [4.78, 5) is 4.43. The molecule has 0 aliphatic carbocycles. The lowest BCUT2D eigenvalue weighted by molar-refractivity contribution is 0.483. The van der Waals surface area contributed by atoms with E-state index in [9.17, 15) is 0 Å². The summed E-state index contributed by atoms with van der Waals surface area (Å²) in [7, 11) is 1.90. The molecule has 24 heavy (non-hydrogen) atoms. The van der Waals surface area contributed by atoms with Crippen molar-refractivity contribution in [1.29, 1.82) is 0 Å². The normalized spacial score (nSPS) is 11.7. The Morgan fingerprint density at radius 3 is 2.71 bits per heavy atom. The number of rotatable bonds is 4. The number of aromatic nitrogens is 5. The zero-order valence-electron chi connectivity index (χ0n) is 14.0. The van der Waals surface area contributed by atoms with Crippen molar-refractivity contribution in [2.75, 3.05) is 0 Å². The minimum atomic E-state index is 0.548. The molecule has 0 saturated heterocycles. The summed E-state index contributed by atoms with van der Waals surface area (Å²) in [6.45, 7) is 5.23. The molecular formula is C18H19N5O. The Hall–Kier alpha value is -2.89. The molecule has 6 nitrogen and oxygen atoms in total. The molecule has 0 radical (unpaired) electrons. The van der Waals surface area contributed by atoms with Crippen molar-refractivity contribution in [3.8, 4) is 22.5 Å². The van der Waals surface area contributed by atoms with Crippen LogP contribution in [-0.2, 0) is 13.6 Å². The lowest BCUT2D eigenvalue weighted by Crippen LogP contribution is -2.03. The van der Waals surface area contributed by atoms with Crippen molar-refractivity contribution < 1.29 is 4.42 Å². The maximum absolute atomic E-state index is 6.11. The molecule has 4 heterocycles. The topological polar surface area (TPSA) is 61.7 Å². The Morgan fingerprint density at radius 1 is 1.12 bits per heavy atom. The second-order valence-electron chi connectivity index (χ2n) is 6.43. The highest BCUT2D eigenvalue weighted by Gasteiger charge is 2.14. The second kappa shape index (κ2) is 5.63. The predicted molar refractivity (Wildman–Crippen MR) is 92.3 cm³/mol. The van der Waals surface area contributed by atoms with Gasteiger partial charge in [-0.3, -0.25) is 14.3 Å². The van der Waals surface area contributed by atoms with Gasteiger partial charge in [0.15, 0.2) is 5.58 Å². The molecule has 4 rings (SSSR count). The number of hydrogen-bond acceptors (Lipinski definition) is 4. The summed E-state index contributed by atoms with van der Waals surface area (Å²) >= 11 is 0. The number of aryl methyl sites for hydroxylation is 1. The predicted octanol–water partition coefficient (Wildman–Crippen LogP) is 3.75. The van der Waals surface area contributed by atoms with Gasteiger partial charge in [-0.25, -0.2) is 0 Å². The fraction of sp³-hybridized carbons (Fsp3) is 0.278. The van der Waals surface area contributed by atoms with Crippen LogP contribution in [0.1, 0.15) is 13.8 Å². The van der Waals surface area contributed by atoms with Crippen LogP contribution in [0.5, 0.6) is 0 Å². The maximum atomic E-state index is 6.11. The molecular weight excluding hydrogens is 302 g/mol. The van der Waals surface area contributed by atoms with Crippen molar-refractivity contribution in [2.45, 2.75) is 20.4 Å². The van der Waals surface area contributed by atoms with Gasteiger partial charge in [-0.15, -0.1) is 0 Å². The minimum Gasteiger partial charge on any atom is -0.454 e. The molecule has 4 aromatic heterocycles. The van der Waals surface area contributed by atoms with E-state index in [1.165, 1.54) is 0 Å². The average molecular weight is 321 g/mol. The van der Waals surface area contributed by atoms with Crippen molar-refractivity contribution in [3.63, 3.8) is 0 Å². The van der Waals surface area contributed by atoms with Gasteiger partial charge in [0.25, 0.3) is 0 Å². The van der Waals surface area contributed by atoms with E-state index in [0.29, 0.717) is 5.92 Å². The molecule has 0 aliphatic heterocycles. The molecule has 0 aliphatic rings. The molecule has 0 unspecified atom stereocenters. The van der Waals surface area contributed by atoms with Gasteiger partial charge in [-0.1, -0.05) is 13.8 Å². The Bertz CT molecular complexity index is 992. The van der Waals surface area contributed by atoms with Gasteiger partial charge in [-0.05, 0) is 12.0 Å². The van der Waals surface area contributed by atoms with Crippen LogP contribution in [0.4, 0.5) is 0 Å². The minimum absolute atomic E-state index is 0.548. The van der Waals surface area contributed by atoms with E-state index in [4.69, 9.17) is 4.42 Å². The van der Waals surface area contributed by atoms with Gasteiger partial charge < -0.3 is 4.42 Å². The highest BCUT2D eigenvalue weighted by molar-refractivity contribution is 5.91. The molecule has 4 aromatic rings. The summed E-state index contributed by atoms with van der Waals surface area (Å²) in [5.41, 5.74) is 4.58. The third kappa shape index (κ3) is 2.60. The van der Waals surface area contributed by atoms with Gasteiger partial charge in [0, 0.05) is 49.4 Å². The average Bonchev–Trinajstić information content (AvgIpc) is 3.24. The van der Waals surface area contributed by atoms with Crippen molar-refractivity contribution in [2.24, 2.45) is 13.0 Å². The molecule has 0 atom stereocenters. The Balaban J connectivity index is 1.77. The first-order valence-corrected chi connectivity index (χ1v) is 8.00. The van der Waals surface area contributed by atoms with Crippen LogP contribution in [0.15, 0.2) is 47.5 Å². The quantitative estimate of drug-likeness (QED) is 0.574. The van der Waals surface area contributed by atoms with Crippen molar-refractivity contribution in [3.05, 3.63) is 43.1 Å². The third-order valence-corrected chi connectivity index (χ3v) is 3.90. The zero-order chi connectivity index (χ0) is 16.7. The molecule has 0 bridgehead atoms. The second-order valence-corrected chi connectivity index (χ2v) is 6.43. The fourth-order valence-electron chi connectivity index (χ4n) is 2.83. The largest absolute Gasteiger partial charge is 0.454 e. The Labute approximate surface area is 139 Å². The first kappa shape index (κ1) is 14.7. The van der Waals surface area contributed by atoms with E-state index in [2.05, 4.69) is 29.0 Å². The summed E-state index contributed by atoms with van der Waals surface area (Å²) in [5.74, 6) is 1.33. The molecule has 6 heteroatoms. The summed E-state index contributed by atoms with van der Waals surface area (Å²) in [6.07, 6.45) is 9.45. The molecule has 0 spiro atoms. The zero-order valence-corrected chi connectivity index (χ0v) is 14.0. The van der Waals surface area contributed by atoms with Gasteiger partial charge in [-0.2, -0.15) is 10.2 Å². The van der Waals surface area contributed by atoms with Crippen molar-refractivity contribution >= 4 is 11.1 Å². The van der Waals surface area contributed by atoms with E-state index in [1.807, 2.05) is 48.6 Å². The summed E-state index contributed by atoms with van der Waals surface area (Å²) < 4.78 is 9.84. The Kier molecular flexibility index (Phi) is 3.45. The first-order chi connectivity index (χ1) is 11.6. The van der Waals surface area contributed by atoms with E-state index in [1.54, 1.807) is 10.9 Å². The molecule has 0 amide bonds.